The second-order valence-electron chi connectivity index (χ2n) is 8.10. The Morgan fingerprint density at radius 3 is 2.97 bits per heavy atom. The number of nitrogens with one attached hydrogen (secondary N) is 1. The molecule has 0 spiro atoms. The average molecular weight is 422 g/mol. The third-order valence-electron chi connectivity index (χ3n) is 6.26. The van der Waals surface area contributed by atoms with Gasteiger partial charge in [-0.1, -0.05) is 18.2 Å². The van der Waals surface area contributed by atoms with Crippen LogP contribution in [0.1, 0.15) is 35.1 Å². The van der Waals surface area contributed by atoms with Crippen molar-refractivity contribution >= 4 is 28.9 Å². The van der Waals surface area contributed by atoms with Gasteiger partial charge in [-0.2, -0.15) is 0 Å². The number of likely N-dealkylation sites (tertiary alicyclic amines) is 1. The fraction of sp³-hybridized carbons (Fsp3) is 0.333. The number of fused-ring (bicyclic) bond motifs is 2. The number of ether oxygens (including phenoxy) is 2. The van der Waals surface area contributed by atoms with E-state index < -0.39 is 5.82 Å². The molecule has 2 aromatic carbocycles. The molecule has 1 atom stereocenters. The lowest BCUT2D eigenvalue weighted by Gasteiger charge is -2.22. The fourth-order valence-corrected chi connectivity index (χ4v) is 4.71. The van der Waals surface area contributed by atoms with Gasteiger partial charge in [-0.05, 0) is 49.6 Å². The Hall–Kier alpha value is -3.19. The van der Waals surface area contributed by atoms with E-state index in [0.717, 1.165) is 49.0 Å². The zero-order chi connectivity index (χ0) is 21.5. The highest BCUT2D eigenvalue weighted by atomic mass is 19.1. The lowest BCUT2D eigenvalue weighted by atomic mass is 9.98. The summed E-state index contributed by atoms with van der Waals surface area (Å²) >= 11 is 0. The van der Waals surface area contributed by atoms with Gasteiger partial charge < -0.3 is 14.8 Å². The molecular weight excluding hydrogens is 399 g/mol. The Labute approximate surface area is 179 Å². The van der Waals surface area contributed by atoms with Crippen LogP contribution in [0.15, 0.2) is 36.4 Å². The van der Waals surface area contributed by atoms with Crippen molar-refractivity contribution in [3.05, 3.63) is 64.5 Å². The van der Waals surface area contributed by atoms with Gasteiger partial charge in [0.25, 0.3) is 5.91 Å². The van der Waals surface area contributed by atoms with Crippen LogP contribution < -0.4 is 5.32 Å². The number of anilines is 1. The lowest BCUT2D eigenvalue weighted by molar-refractivity contribution is -0.145. The normalized spacial score (nSPS) is 22.1. The van der Waals surface area contributed by atoms with Crippen molar-refractivity contribution in [2.75, 3.05) is 25.5 Å². The maximum atomic E-state index is 13.8. The Bertz CT molecular complexity index is 1110. The van der Waals surface area contributed by atoms with Gasteiger partial charge in [0, 0.05) is 28.9 Å². The summed E-state index contributed by atoms with van der Waals surface area (Å²) in [7, 11) is 1.43. The van der Waals surface area contributed by atoms with Crippen LogP contribution >= 0.6 is 0 Å². The van der Waals surface area contributed by atoms with E-state index in [1.807, 2.05) is 12.1 Å². The first-order chi connectivity index (χ1) is 15.0. The highest BCUT2D eigenvalue weighted by Crippen LogP contribution is 2.42. The van der Waals surface area contributed by atoms with Gasteiger partial charge in [-0.15, -0.1) is 0 Å². The van der Waals surface area contributed by atoms with Gasteiger partial charge in [0.15, 0.2) is 0 Å². The number of methoxy groups -OCH3 is 1. The number of carbonyl (C=O) groups excluding carboxylic acids is 2. The summed E-state index contributed by atoms with van der Waals surface area (Å²) in [6.45, 7) is 2.05. The van der Waals surface area contributed by atoms with Crippen molar-refractivity contribution < 1.29 is 23.5 Å². The molecule has 3 aliphatic rings. The predicted molar refractivity (Wildman–Crippen MR) is 113 cm³/mol. The number of hydrogen-bond acceptors (Lipinski definition) is 5. The Morgan fingerprint density at radius 2 is 2.13 bits per heavy atom. The summed E-state index contributed by atoms with van der Waals surface area (Å²) in [6.07, 6.45) is 2.64. The van der Waals surface area contributed by atoms with E-state index in [-0.39, 0.29) is 17.9 Å². The molecule has 0 unspecified atom stereocenters. The highest BCUT2D eigenvalue weighted by Gasteiger charge is 2.33. The quantitative estimate of drug-likeness (QED) is 0.605. The topological polar surface area (TPSA) is 67.9 Å². The molecule has 5 rings (SSSR count). The van der Waals surface area contributed by atoms with Crippen LogP contribution in [-0.2, 0) is 32.1 Å². The molecule has 0 aromatic heterocycles. The van der Waals surface area contributed by atoms with Crippen LogP contribution in [-0.4, -0.2) is 43.0 Å². The molecule has 6 nitrogen and oxygen atoms in total. The molecule has 7 heteroatoms. The summed E-state index contributed by atoms with van der Waals surface area (Å²) in [6, 6.07) is 10.2. The number of rotatable bonds is 4. The van der Waals surface area contributed by atoms with E-state index in [1.165, 1.54) is 19.2 Å². The minimum absolute atomic E-state index is 0.152. The maximum Gasteiger partial charge on any atom is 0.323 e. The van der Waals surface area contributed by atoms with Crippen LogP contribution in [0.5, 0.6) is 0 Å². The number of nitrogens with zero attached hydrogens (tertiary/aromatic N) is 1. The summed E-state index contributed by atoms with van der Waals surface area (Å²) in [5, 5.41) is 2.78. The van der Waals surface area contributed by atoms with Gasteiger partial charge in [-0.25, -0.2) is 4.39 Å². The molecule has 0 saturated carbocycles. The monoisotopic (exact) mass is 422 g/mol. The Morgan fingerprint density at radius 1 is 1.26 bits per heavy atom. The van der Waals surface area contributed by atoms with E-state index in [0.29, 0.717) is 29.2 Å². The van der Waals surface area contributed by atoms with Gasteiger partial charge in [0.05, 0.1) is 12.7 Å². The second-order valence-corrected chi connectivity index (χ2v) is 8.10. The number of benzene rings is 2. The Balaban J connectivity index is 1.38. The van der Waals surface area contributed by atoms with Gasteiger partial charge in [0.1, 0.15) is 24.2 Å². The highest BCUT2D eigenvalue weighted by molar-refractivity contribution is 6.36. The third-order valence-corrected chi connectivity index (χ3v) is 6.26. The molecule has 3 aliphatic heterocycles. The third kappa shape index (κ3) is 3.49. The van der Waals surface area contributed by atoms with Crippen LogP contribution in [0.3, 0.4) is 0 Å². The number of halogens is 1. The minimum atomic E-state index is -0.394. The molecule has 0 bridgehead atoms. The maximum absolute atomic E-state index is 13.8. The van der Waals surface area contributed by atoms with Crippen LogP contribution in [0.25, 0.3) is 11.3 Å². The lowest BCUT2D eigenvalue weighted by Crippen LogP contribution is -2.38. The molecule has 0 radical (unpaired) electrons. The molecule has 1 saturated heterocycles. The van der Waals surface area contributed by atoms with Crippen molar-refractivity contribution in [1.82, 2.24) is 4.90 Å². The minimum Gasteiger partial charge on any atom is -0.487 e. The van der Waals surface area contributed by atoms with Crippen molar-refractivity contribution in [3.8, 4) is 0 Å². The van der Waals surface area contributed by atoms with E-state index in [1.54, 1.807) is 6.07 Å². The van der Waals surface area contributed by atoms with Crippen LogP contribution in [0.2, 0.25) is 0 Å². The van der Waals surface area contributed by atoms with E-state index in [4.69, 9.17) is 9.47 Å². The number of hydrogen-bond donors (Lipinski definition) is 1. The van der Waals surface area contributed by atoms with E-state index in [2.05, 4.69) is 16.3 Å². The molecule has 160 valence electrons. The van der Waals surface area contributed by atoms with Crippen molar-refractivity contribution in [2.24, 2.45) is 0 Å². The van der Waals surface area contributed by atoms with E-state index >= 15 is 0 Å². The predicted octanol–water partition coefficient (Wildman–Crippen LogP) is 3.36. The van der Waals surface area contributed by atoms with Gasteiger partial charge >= 0.3 is 5.97 Å². The van der Waals surface area contributed by atoms with Crippen LogP contribution in [0, 0.1) is 5.82 Å². The summed E-state index contributed by atoms with van der Waals surface area (Å²) in [4.78, 5) is 26.7. The molecule has 2 aromatic rings. The number of esters is 1. The Kier molecular flexibility index (Phi) is 4.98. The first kappa shape index (κ1) is 19.8. The zero-order valence-corrected chi connectivity index (χ0v) is 17.2. The van der Waals surface area contributed by atoms with Gasteiger partial charge in [0.2, 0.25) is 0 Å². The summed E-state index contributed by atoms with van der Waals surface area (Å²) in [5.41, 5.74) is 4.50. The van der Waals surface area contributed by atoms with Gasteiger partial charge in [-0.3, -0.25) is 14.5 Å². The first-order valence-corrected chi connectivity index (χ1v) is 10.5. The van der Waals surface area contributed by atoms with Crippen LogP contribution in [0.4, 0.5) is 10.1 Å². The molecule has 1 N–H and O–H groups in total. The molecule has 1 fully saturated rings. The van der Waals surface area contributed by atoms with Crippen molar-refractivity contribution in [2.45, 2.75) is 31.9 Å². The van der Waals surface area contributed by atoms with Crippen molar-refractivity contribution in [1.29, 1.82) is 0 Å². The zero-order valence-electron chi connectivity index (χ0n) is 17.2. The summed E-state index contributed by atoms with van der Waals surface area (Å²) in [5.74, 6) is -0.346. The molecular formula is C24H23FN2O4. The molecule has 31 heavy (non-hydrogen) atoms. The fourth-order valence-electron chi connectivity index (χ4n) is 4.71. The SMILES string of the molecule is COC(=O)[C@@H]1CCCN1CCc1ccc2c(c1)COC2=C1C(=O)Nc2ccc(F)cc21. The standard InChI is InChI=1S/C24H23FN2O4/c1-30-24(29)20-3-2-9-27(20)10-8-14-4-6-17-15(11-14)13-31-22(17)21-18-12-16(25)5-7-19(18)26-23(21)28/h4-7,11-12,20H,2-3,8-10,13H2,1H3,(H,26,28)/t20-/m0/s1. The summed E-state index contributed by atoms with van der Waals surface area (Å²) < 4.78 is 24.6. The molecule has 1 amide bonds. The smallest absolute Gasteiger partial charge is 0.323 e. The number of amides is 1. The second kappa shape index (κ2) is 7.81. The molecule has 3 heterocycles. The number of carbonyl (C=O) groups is 2. The largest absolute Gasteiger partial charge is 0.487 e. The first-order valence-electron chi connectivity index (χ1n) is 10.5. The van der Waals surface area contributed by atoms with E-state index in [9.17, 15) is 14.0 Å². The molecule has 0 aliphatic carbocycles. The average Bonchev–Trinajstić information content (AvgIpc) is 3.47. The van der Waals surface area contributed by atoms with Crippen molar-refractivity contribution in [3.63, 3.8) is 0 Å².